The normalized spacial score (nSPS) is 11.8. The SMILES string of the molecule is Cn1cc(S([NH])(=O)=O)cn1. The van der Waals surface area contributed by atoms with E-state index < -0.39 is 10.0 Å². The van der Waals surface area contributed by atoms with Crippen molar-refractivity contribution in [1.82, 2.24) is 14.9 Å². The Morgan fingerprint density at radius 3 is 2.50 bits per heavy atom. The van der Waals surface area contributed by atoms with E-state index in [0.717, 1.165) is 6.20 Å². The maximum absolute atomic E-state index is 10.5. The summed E-state index contributed by atoms with van der Waals surface area (Å²) < 4.78 is 22.3. The lowest BCUT2D eigenvalue weighted by Gasteiger charge is -1.85. The Morgan fingerprint density at radius 2 is 2.30 bits per heavy atom. The Bertz CT molecular complexity index is 326. The van der Waals surface area contributed by atoms with Gasteiger partial charge < -0.3 is 0 Å². The van der Waals surface area contributed by atoms with Crippen LogP contribution in [0.2, 0.25) is 0 Å². The van der Waals surface area contributed by atoms with Gasteiger partial charge in [-0.15, -0.1) is 5.14 Å². The smallest absolute Gasteiger partial charge is 0.257 e. The van der Waals surface area contributed by atoms with Gasteiger partial charge >= 0.3 is 0 Å². The average molecular weight is 160 g/mol. The molecule has 0 saturated heterocycles. The molecule has 6 heteroatoms. The summed E-state index contributed by atoms with van der Waals surface area (Å²) in [5, 5.41) is 10.2. The number of aromatic nitrogens is 2. The zero-order valence-electron chi connectivity index (χ0n) is 5.27. The number of aryl methyl sites for hydroxylation is 1. The van der Waals surface area contributed by atoms with Crippen molar-refractivity contribution in [3.8, 4) is 0 Å². The fraction of sp³-hybridized carbons (Fsp3) is 0.250. The highest BCUT2D eigenvalue weighted by Gasteiger charge is 2.09. The molecule has 0 spiro atoms. The second kappa shape index (κ2) is 2.06. The summed E-state index contributed by atoms with van der Waals surface area (Å²) in [6.45, 7) is 0. The minimum absolute atomic E-state index is 0.0741. The van der Waals surface area contributed by atoms with Gasteiger partial charge in [0.15, 0.2) is 0 Å². The summed E-state index contributed by atoms with van der Waals surface area (Å²) in [7, 11) is -2.22. The maximum atomic E-state index is 10.5. The van der Waals surface area contributed by atoms with E-state index in [0.29, 0.717) is 0 Å². The first-order chi connectivity index (χ1) is 4.50. The molecule has 0 amide bonds. The van der Waals surface area contributed by atoms with E-state index in [1.54, 1.807) is 7.05 Å². The molecule has 55 valence electrons. The Labute approximate surface area is 58.5 Å². The van der Waals surface area contributed by atoms with E-state index in [9.17, 15) is 8.42 Å². The van der Waals surface area contributed by atoms with Crippen molar-refractivity contribution in [1.29, 1.82) is 0 Å². The zero-order valence-corrected chi connectivity index (χ0v) is 6.09. The number of nitrogens with zero attached hydrogens (tertiary/aromatic N) is 2. The van der Waals surface area contributed by atoms with Crippen molar-refractivity contribution in [2.75, 3.05) is 0 Å². The van der Waals surface area contributed by atoms with Gasteiger partial charge in [0.05, 0.1) is 6.20 Å². The summed E-state index contributed by atoms with van der Waals surface area (Å²) in [6.07, 6.45) is 2.42. The van der Waals surface area contributed by atoms with Gasteiger partial charge in [-0.3, -0.25) is 4.68 Å². The van der Waals surface area contributed by atoms with Crippen molar-refractivity contribution in [2.45, 2.75) is 4.90 Å². The molecule has 1 radical (unpaired) electrons. The van der Waals surface area contributed by atoms with Crippen LogP contribution in [0.3, 0.4) is 0 Å². The fourth-order valence-electron chi connectivity index (χ4n) is 0.538. The molecule has 1 heterocycles. The molecular formula is C4H6N3O2S. The van der Waals surface area contributed by atoms with Crippen molar-refractivity contribution in [3.63, 3.8) is 0 Å². The van der Waals surface area contributed by atoms with Crippen LogP contribution < -0.4 is 5.14 Å². The van der Waals surface area contributed by atoms with Gasteiger partial charge in [-0.2, -0.15) is 5.10 Å². The lowest BCUT2D eigenvalue weighted by atomic mass is 10.7. The second-order valence-corrected chi connectivity index (χ2v) is 3.33. The van der Waals surface area contributed by atoms with Crippen LogP contribution >= 0.6 is 0 Å². The number of rotatable bonds is 1. The second-order valence-electron chi connectivity index (χ2n) is 1.85. The summed E-state index contributed by atoms with van der Waals surface area (Å²) in [4.78, 5) is -0.0741. The van der Waals surface area contributed by atoms with Gasteiger partial charge in [0, 0.05) is 13.2 Å². The minimum Gasteiger partial charge on any atom is -0.274 e. The summed E-state index contributed by atoms with van der Waals surface area (Å²) in [6, 6.07) is 0. The van der Waals surface area contributed by atoms with Crippen molar-refractivity contribution >= 4 is 10.0 Å². The molecule has 0 aliphatic rings. The average Bonchev–Trinajstić information content (AvgIpc) is 2.11. The van der Waals surface area contributed by atoms with E-state index in [-0.39, 0.29) is 4.90 Å². The molecule has 0 aliphatic heterocycles. The third-order valence-corrected chi connectivity index (χ3v) is 1.82. The minimum atomic E-state index is -3.82. The van der Waals surface area contributed by atoms with Crippen LogP contribution in [-0.4, -0.2) is 18.2 Å². The van der Waals surface area contributed by atoms with Gasteiger partial charge in [-0.05, 0) is 0 Å². The quantitative estimate of drug-likeness (QED) is 0.550. The van der Waals surface area contributed by atoms with Crippen LogP contribution in [0.5, 0.6) is 0 Å². The summed E-state index contributed by atoms with van der Waals surface area (Å²) >= 11 is 0. The molecule has 0 aromatic carbocycles. The molecule has 1 rings (SSSR count). The van der Waals surface area contributed by atoms with Crippen LogP contribution in [-0.2, 0) is 17.1 Å². The Balaban J connectivity index is 3.21. The Kier molecular flexibility index (Phi) is 1.49. The number of sulfonamides is 1. The van der Waals surface area contributed by atoms with E-state index in [1.807, 2.05) is 0 Å². The highest BCUT2D eigenvalue weighted by Crippen LogP contribution is 2.02. The molecule has 10 heavy (non-hydrogen) atoms. The van der Waals surface area contributed by atoms with Gasteiger partial charge in [0.1, 0.15) is 4.90 Å². The third-order valence-electron chi connectivity index (χ3n) is 0.991. The number of hydrogen-bond acceptors (Lipinski definition) is 3. The maximum Gasteiger partial charge on any atom is 0.257 e. The van der Waals surface area contributed by atoms with E-state index in [1.165, 1.54) is 10.9 Å². The van der Waals surface area contributed by atoms with E-state index in [2.05, 4.69) is 5.10 Å². The van der Waals surface area contributed by atoms with Crippen molar-refractivity contribution < 1.29 is 8.42 Å². The lowest BCUT2D eigenvalue weighted by molar-refractivity contribution is 0.596. The Hall–Kier alpha value is -0.880. The molecule has 0 fully saturated rings. The van der Waals surface area contributed by atoms with Crippen LogP contribution in [0.15, 0.2) is 17.3 Å². The molecule has 0 bridgehead atoms. The predicted octanol–water partition coefficient (Wildman–Crippen LogP) is -0.608. The van der Waals surface area contributed by atoms with Gasteiger partial charge in [-0.25, -0.2) is 8.42 Å². The lowest BCUT2D eigenvalue weighted by Crippen LogP contribution is -1.98. The van der Waals surface area contributed by atoms with E-state index in [4.69, 9.17) is 5.14 Å². The van der Waals surface area contributed by atoms with Gasteiger partial charge in [0.25, 0.3) is 10.0 Å². The van der Waals surface area contributed by atoms with E-state index >= 15 is 0 Å². The zero-order chi connectivity index (χ0) is 7.78. The predicted molar refractivity (Wildman–Crippen MR) is 33.5 cm³/mol. The molecule has 0 saturated carbocycles. The molecule has 0 unspecified atom stereocenters. The fourth-order valence-corrected chi connectivity index (χ4v) is 1.01. The monoisotopic (exact) mass is 160 g/mol. The first kappa shape index (κ1) is 7.23. The molecule has 1 N–H and O–H groups in total. The largest absolute Gasteiger partial charge is 0.274 e. The molecule has 1 aromatic rings. The molecule has 1 aromatic heterocycles. The van der Waals surface area contributed by atoms with Crippen LogP contribution in [0.4, 0.5) is 0 Å². The molecular weight excluding hydrogens is 154 g/mol. The molecule has 0 atom stereocenters. The van der Waals surface area contributed by atoms with Gasteiger partial charge in [-0.1, -0.05) is 0 Å². The Morgan fingerprint density at radius 1 is 1.70 bits per heavy atom. The van der Waals surface area contributed by atoms with Crippen molar-refractivity contribution in [2.24, 2.45) is 7.05 Å². The van der Waals surface area contributed by atoms with Crippen LogP contribution in [0.25, 0.3) is 0 Å². The van der Waals surface area contributed by atoms with Gasteiger partial charge in [0.2, 0.25) is 0 Å². The standard InChI is InChI=1S/C4H6N3O2S/c1-7-3-4(2-6-7)10(5,8)9/h2-3,5H,1H3. The molecule has 0 aliphatic carbocycles. The summed E-state index contributed by atoms with van der Waals surface area (Å²) in [5.41, 5.74) is 0. The number of hydrogen-bond donors (Lipinski definition) is 0. The molecule has 5 nitrogen and oxygen atoms in total. The highest BCUT2D eigenvalue weighted by molar-refractivity contribution is 7.88. The van der Waals surface area contributed by atoms with Crippen molar-refractivity contribution in [3.05, 3.63) is 12.4 Å². The van der Waals surface area contributed by atoms with Crippen LogP contribution in [0.1, 0.15) is 0 Å². The topological polar surface area (TPSA) is 75.8 Å². The van der Waals surface area contributed by atoms with Crippen LogP contribution in [0, 0.1) is 0 Å². The first-order valence-corrected chi connectivity index (χ1v) is 3.97. The highest BCUT2D eigenvalue weighted by atomic mass is 32.2. The summed E-state index contributed by atoms with van der Waals surface area (Å²) in [5.74, 6) is 0. The third kappa shape index (κ3) is 1.34. The number of nitrogens with one attached hydrogen (secondary N) is 1. The first-order valence-electron chi connectivity index (χ1n) is 2.48.